The summed E-state index contributed by atoms with van der Waals surface area (Å²) in [5.41, 5.74) is 3.41. The van der Waals surface area contributed by atoms with Crippen molar-refractivity contribution in [1.82, 2.24) is 19.6 Å². The first-order chi connectivity index (χ1) is 11.8. The molecule has 1 aliphatic rings. The second-order valence-electron chi connectivity index (χ2n) is 5.44. The van der Waals surface area contributed by atoms with E-state index in [4.69, 9.17) is 10.00 Å². The van der Waals surface area contributed by atoms with Gasteiger partial charge in [0.2, 0.25) is 5.88 Å². The van der Waals surface area contributed by atoms with Gasteiger partial charge >= 0.3 is 0 Å². The molecule has 0 unspecified atom stereocenters. The molecule has 7 nitrogen and oxygen atoms in total. The molecule has 0 atom stereocenters. The van der Waals surface area contributed by atoms with E-state index in [1.165, 1.54) is 23.6 Å². The number of nitriles is 1. The first-order valence-corrected chi connectivity index (χ1v) is 8.37. The highest BCUT2D eigenvalue weighted by Crippen LogP contribution is 2.37. The molecule has 0 aromatic carbocycles. The summed E-state index contributed by atoms with van der Waals surface area (Å²) in [7, 11) is 1.60. The maximum atomic E-state index is 9.13. The number of ether oxygens (including phenoxy) is 1. The zero-order valence-electron chi connectivity index (χ0n) is 12.9. The Morgan fingerprint density at radius 2 is 2.21 bits per heavy atom. The Labute approximate surface area is 142 Å². The van der Waals surface area contributed by atoms with Crippen molar-refractivity contribution in [2.75, 3.05) is 11.8 Å². The van der Waals surface area contributed by atoms with Crippen LogP contribution in [0.15, 0.2) is 30.6 Å². The van der Waals surface area contributed by atoms with Crippen LogP contribution in [0.4, 0.5) is 5.69 Å². The number of pyridine rings is 1. The van der Waals surface area contributed by atoms with E-state index in [0.29, 0.717) is 28.2 Å². The Morgan fingerprint density at radius 3 is 2.96 bits per heavy atom. The fraction of sp³-hybridized carbons (Fsp3) is 0.250. The van der Waals surface area contributed by atoms with Crippen LogP contribution in [-0.2, 0) is 0 Å². The number of rotatable bonds is 5. The van der Waals surface area contributed by atoms with E-state index in [2.05, 4.69) is 25.9 Å². The second kappa shape index (κ2) is 6.02. The number of anilines is 1. The summed E-state index contributed by atoms with van der Waals surface area (Å²) in [5, 5.41) is 14.3. The summed E-state index contributed by atoms with van der Waals surface area (Å²) in [6.07, 6.45) is 5.70. The van der Waals surface area contributed by atoms with Gasteiger partial charge in [0.25, 0.3) is 0 Å². The van der Waals surface area contributed by atoms with Crippen LogP contribution in [-0.4, -0.2) is 31.9 Å². The molecule has 3 aromatic rings. The minimum atomic E-state index is 0.399. The third-order valence-corrected chi connectivity index (χ3v) is 4.82. The molecule has 120 valence electrons. The summed E-state index contributed by atoms with van der Waals surface area (Å²) in [6, 6.07) is 7.74. The van der Waals surface area contributed by atoms with Crippen LogP contribution < -0.4 is 9.46 Å². The Balaban J connectivity index is 1.72. The molecule has 1 N–H and O–H groups in total. The van der Waals surface area contributed by atoms with Crippen LogP contribution in [0.1, 0.15) is 18.5 Å². The molecule has 0 spiro atoms. The van der Waals surface area contributed by atoms with Gasteiger partial charge in [-0.1, -0.05) is 0 Å². The lowest BCUT2D eigenvalue weighted by Crippen LogP contribution is -2.00. The lowest BCUT2D eigenvalue weighted by Gasteiger charge is -2.11. The van der Waals surface area contributed by atoms with E-state index in [1.54, 1.807) is 25.3 Å². The number of aromatic nitrogens is 4. The molecular weight excluding hydrogens is 324 g/mol. The van der Waals surface area contributed by atoms with Crippen LogP contribution in [0.2, 0.25) is 0 Å². The first kappa shape index (κ1) is 14.8. The third-order valence-electron chi connectivity index (χ3n) is 3.68. The van der Waals surface area contributed by atoms with Crippen LogP contribution in [0.5, 0.6) is 5.88 Å². The number of nitrogens with one attached hydrogen (secondary N) is 1. The van der Waals surface area contributed by atoms with Gasteiger partial charge in [0.15, 0.2) is 11.3 Å². The smallest absolute Gasteiger partial charge is 0.237 e. The van der Waals surface area contributed by atoms with Gasteiger partial charge in [-0.2, -0.15) is 10.4 Å². The number of fused-ring (bicyclic) bond motifs is 1. The van der Waals surface area contributed by atoms with Crippen molar-refractivity contribution in [3.05, 3.63) is 36.3 Å². The van der Waals surface area contributed by atoms with Crippen molar-refractivity contribution in [3.63, 3.8) is 0 Å². The normalized spacial score (nSPS) is 13.7. The van der Waals surface area contributed by atoms with Gasteiger partial charge in [-0.25, -0.2) is 14.5 Å². The van der Waals surface area contributed by atoms with Gasteiger partial charge in [0.05, 0.1) is 19.0 Å². The predicted octanol–water partition coefficient (Wildman–Crippen LogP) is 2.89. The molecule has 0 saturated heterocycles. The molecule has 1 fully saturated rings. The molecule has 0 bridgehead atoms. The van der Waals surface area contributed by atoms with Crippen LogP contribution >= 0.6 is 11.9 Å². The number of imidazole rings is 1. The predicted molar refractivity (Wildman–Crippen MR) is 91.7 cm³/mol. The lowest BCUT2D eigenvalue weighted by molar-refractivity contribution is 0.400. The topological polar surface area (TPSA) is 88.1 Å². The molecule has 0 aliphatic heterocycles. The number of nitrogens with zero attached hydrogens (tertiary/aromatic N) is 5. The molecule has 0 amide bonds. The summed E-state index contributed by atoms with van der Waals surface area (Å²) in [6.45, 7) is 0. The first-order valence-electron chi connectivity index (χ1n) is 7.49. The van der Waals surface area contributed by atoms with E-state index in [1.807, 2.05) is 18.2 Å². The SMILES string of the molecule is COc1ncc(-c2ccc3ncc(C#N)n3n2)cc1NSC1CC1. The van der Waals surface area contributed by atoms with Crippen molar-refractivity contribution in [1.29, 1.82) is 5.26 Å². The van der Waals surface area contributed by atoms with Crippen molar-refractivity contribution in [2.24, 2.45) is 0 Å². The fourth-order valence-electron chi connectivity index (χ4n) is 2.26. The van der Waals surface area contributed by atoms with Gasteiger partial charge < -0.3 is 9.46 Å². The van der Waals surface area contributed by atoms with E-state index in [0.717, 1.165) is 11.3 Å². The molecule has 0 radical (unpaired) electrons. The minimum absolute atomic E-state index is 0.399. The molecule has 8 heteroatoms. The second-order valence-corrected chi connectivity index (χ2v) is 6.55. The minimum Gasteiger partial charge on any atom is -0.480 e. The van der Waals surface area contributed by atoms with Crippen LogP contribution in [0.3, 0.4) is 0 Å². The average Bonchev–Trinajstić information content (AvgIpc) is 3.37. The average molecular weight is 338 g/mol. The van der Waals surface area contributed by atoms with Gasteiger partial charge in [0, 0.05) is 17.0 Å². The van der Waals surface area contributed by atoms with Crippen molar-refractivity contribution in [2.45, 2.75) is 18.1 Å². The van der Waals surface area contributed by atoms with Gasteiger partial charge in [-0.3, -0.25) is 0 Å². The molecule has 3 heterocycles. The van der Waals surface area contributed by atoms with Crippen LogP contribution in [0.25, 0.3) is 16.9 Å². The summed E-state index contributed by atoms with van der Waals surface area (Å²) in [4.78, 5) is 8.51. The van der Waals surface area contributed by atoms with Crippen molar-refractivity contribution < 1.29 is 4.74 Å². The van der Waals surface area contributed by atoms with Gasteiger partial charge in [0.1, 0.15) is 11.8 Å². The Bertz CT molecular complexity index is 943. The van der Waals surface area contributed by atoms with Crippen molar-refractivity contribution in [3.8, 4) is 23.2 Å². The molecule has 1 saturated carbocycles. The molecule has 24 heavy (non-hydrogen) atoms. The summed E-state index contributed by atoms with van der Waals surface area (Å²) < 4.78 is 10.2. The largest absolute Gasteiger partial charge is 0.480 e. The zero-order valence-corrected chi connectivity index (χ0v) is 13.7. The number of methoxy groups -OCH3 is 1. The molecule has 4 rings (SSSR count). The monoisotopic (exact) mass is 338 g/mol. The molecular formula is C16H14N6OS. The Kier molecular flexibility index (Phi) is 3.70. The maximum Gasteiger partial charge on any atom is 0.237 e. The van der Waals surface area contributed by atoms with E-state index >= 15 is 0 Å². The van der Waals surface area contributed by atoms with E-state index in [9.17, 15) is 0 Å². The van der Waals surface area contributed by atoms with Crippen molar-refractivity contribution >= 4 is 23.3 Å². The number of hydrogen-bond acceptors (Lipinski definition) is 7. The Morgan fingerprint density at radius 1 is 1.33 bits per heavy atom. The Hall–Kier alpha value is -2.79. The van der Waals surface area contributed by atoms with Crippen LogP contribution in [0, 0.1) is 11.3 Å². The van der Waals surface area contributed by atoms with E-state index in [-0.39, 0.29) is 0 Å². The number of hydrogen-bond donors (Lipinski definition) is 1. The highest BCUT2D eigenvalue weighted by molar-refractivity contribution is 8.01. The maximum absolute atomic E-state index is 9.13. The zero-order chi connectivity index (χ0) is 16.5. The fourth-order valence-corrected chi connectivity index (χ4v) is 3.08. The quantitative estimate of drug-likeness (QED) is 0.716. The highest BCUT2D eigenvalue weighted by atomic mass is 32.2. The highest BCUT2D eigenvalue weighted by Gasteiger charge is 2.23. The third kappa shape index (κ3) is 2.74. The van der Waals surface area contributed by atoms with E-state index < -0.39 is 0 Å². The summed E-state index contributed by atoms with van der Waals surface area (Å²) >= 11 is 1.69. The van der Waals surface area contributed by atoms with Gasteiger partial charge in [-0.15, -0.1) is 0 Å². The molecule has 1 aliphatic carbocycles. The standard InChI is InChI=1S/C16H14N6OS/c1-23-16-14(21-24-12-2-3-12)6-10(8-19-16)13-4-5-15-18-9-11(7-17)22(15)20-13/h4-6,8-9,12,21H,2-3H2,1H3. The van der Waals surface area contributed by atoms with Gasteiger partial charge in [-0.05, 0) is 43.0 Å². The lowest BCUT2D eigenvalue weighted by atomic mass is 10.2. The molecule has 3 aromatic heterocycles. The summed E-state index contributed by atoms with van der Waals surface area (Å²) in [5.74, 6) is 0.549.